The van der Waals surface area contributed by atoms with Gasteiger partial charge in [0, 0.05) is 34.2 Å². The van der Waals surface area contributed by atoms with Crippen LogP contribution in [0.25, 0.3) is 10.9 Å². The van der Waals surface area contributed by atoms with Gasteiger partial charge >= 0.3 is 0 Å². The Morgan fingerprint density at radius 1 is 1.08 bits per heavy atom. The molecule has 0 aliphatic rings. The largest absolute Gasteiger partial charge is 0.343 e. The van der Waals surface area contributed by atoms with Gasteiger partial charge in [0.25, 0.3) is 0 Å². The minimum atomic E-state index is -0.267. The third kappa shape index (κ3) is 4.21. The summed E-state index contributed by atoms with van der Waals surface area (Å²) in [6, 6.07) is 13.0. The van der Waals surface area contributed by atoms with Gasteiger partial charge in [-0.15, -0.1) is 0 Å². The second-order valence-electron chi connectivity index (χ2n) is 6.13. The van der Waals surface area contributed by atoms with Crippen molar-refractivity contribution < 1.29 is 4.39 Å². The van der Waals surface area contributed by atoms with Crippen molar-refractivity contribution in [3.05, 3.63) is 70.6 Å². The molecule has 3 rings (SSSR count). The number of hydrogen-bond acceptors (Lipinski definition) is 2. The highest BCUT2D eigenvalue weighted by Crippen LogP contribution is 2.25. The number of nitrogens with one attached hydrogen (secondary N) is 2. The highest BCUT2D eigenvalue weighted by molar-refractivity contribution is 6.31. The Balaban J connectivity index is 1.84. The van der Waals surface area contributed by atoms with Crippen LogP contribution in [0.4, 0.5) is 4.39 Å². The van der Waals surface area contributed by atoms with Gasteiger partial charge in [0.05, 0.1) is 6.54 Å². The Kier molecular flexibility index (Phi) is 6.08. The molecule has 0 aliphatic carbocycles. The Labute approximate surface area is 152 Å². The molecule has 0 spiro atoms. The maximum atomic E-state index is 14.1. The van der Waals surface area contributed by atoms with Gasteiger partial charge in [0.2, 0.25) is 0 Å². The van der Waals surface area contributed by atoms with E-state index in [-0.39, 0.29) is 5.82 Å². The molecule has 2 N–H and O–H groups in total. The predicted octanol–water partition coefficient (Wildman–Crippen LogP) is 4.18. The third-order valence-electron chi connectivity index (χ3n) is 4.36. The molecule has 0 saturated carbocycles. The number of fused-ring (bicyclic) bond motifs is 1. The van der Waals surface area contributed by atoms with Crippen LogP contribution in [-0.4, -0.2) is 24.7 Å². The van der Waals surface area contributed by atoms with Crippen LogP contribution in [0.3, 0.4) is 0 Å². The molecule has 1 aromatic heterocycles. The molecule has 3 nitrogen and oxygen atoms in total. The van der Waals surface area contributed by atoms with E-state index in [1.807, 2.05) is 19.2 Å². The van der Waals surface area contributed by atoms with Gasteiger partial charge in [-0.1, -0.05) is 35.9 Å². The average Bonchev–Trinajstić information content (AvgIpc) is 2.96. The molecule has 0 unspecified atom stereocenters. The van der Waals surface area contributed by atoms with Crippen molar-refractivity contribution >= 4 is 22.5 Å². The number of aromatic nitrogens is 1. The first-order valence-electron chi connectivity index (χ1n) is 8.55. The van der Waals surface area contributed by atoms with Crippen LogP contribution in [0, 0.1) is 5.82 Å². The lowest BCUT2D eigenvalue weighted by atomic mass is 10.2. The summed E-state index contributed by atoms with van der Waals surface area (Å²) in [7, 11) is 1.96. The summed E-state index contributed by atoms with van der Waals surface area (Å²) in [5.41, 5.74) is 2.83. The van der Waals surface area contributed by atoms with Crippen molar-refractivity contribution in [2.45, 2.75) is 19.5 Å². The number of rotatable bonds is 8. The molecule has 5 heteroatoms. The zero-order valence-electron chi connectivity index (χ0n) is 14.4. The Hall–Kier alpha value is -1.88. The van der Waals surface area contributed by atoms with Crippen molar-refractivity contribution in [3.8, 4) is 0 Å². The van der Waals surface area contributed by atoms with Gasteiger partial charge in [-0.25, -0.2) is 4.39 Å². The predicted molar refractivity (Wildman–Crippen MR) is 103 cm³/mol. The molecule has 132 valence electrons. The topological polar surface area (TPSA) is 29.0 Å². The molecule has 0 fully saturated rings. The number of nitrogens with zero attached hydrogens (tertiary/aromatic N) is 1. The summed E-state index contributed by atoms with van der Waals surface area (Å²) < 4.78 is 16.2. The fraction of sp³-hybridized carbons (Fsp3) is 0.300. The first kappa shape index (κ1) is 17.9. The van der Waals surface area contributed by atoms with E-state index in [0.29, 0.717) is 17.1 Å². The maximum absolute atomic E-state index is 14.1. The van der Waals surface area contributed by atoms with Crippen LogP contribution in [0.1, 0.15) is 17.5 Å². The van der Waals surface area contributed by atoms with E-state index in [4.69, 9.17) is 11.6 Å². The number of para-hydroxylation sites is 1. The normalized spacial score (nSPS) is 11.3. The summed E-state index contributed by atoms with van der Waals surface area (Å²) in [4.78, 5) is 0. The highest BCUT2D eigenvalue weighted by atomic mass is 35.5. The smallest absolute Gasteiger partial charge is 0.129 e. The van der Waals surface area contributed by atoms with Crippen LogP contribution in [-0.2, 0) is 13.1 Å². The van der Waals surface area contributed by atoms with E-state index >= 15 is 0 Å². The van der Waals surface area contributed by atoms with E-state index in [1.165, 1.54) is 17.0 Å². The minimum Gasteiger partial charge on any atom is -0.343 e. The quantitative estimate of drug-likeness (QED) is 0.591. The van der Waals surface area contributed by atoms with Crippen LogP contribution in [0.5, 0.6) is 0 Å². The maximum Gasteiger partial charge on any atom is 0.129 e. The second-order valence-corrected chi connectivity index (χ2v) is 6.54. The van der Waals surface area contributed by atoms with E-state index < -0.39 is 0 Å². The first-order chi connectivity index (χ1) is 12.2. The summed E-state index contributed by atoms with van der Waals surface area (Å²) >= 11 is 6.20. The molecule has 0 amide bonds. The average molecular weight is 360 g/mol. The standard InChI is InChI=1S/C20H23ClFN3/c1-23-10-5-11-24-12-15-13-25(20-9-3-2-6-16(15)20)14-17-18(21)7-4-8-19(17)22/h2-4,6-9,13,23-24H,5,10-12,14H2,1H3. The van der Waals surface area contributed by atoms with Crippen LogP contribution < -0.4 is 10.6 Å². The van der Waals surface area contributed by atoms with Crippen molar-refractivity contribution in [2.75, 3.05) is 20.1 Å². The summed E-state index contributed by atoms with van der Waals surface area (Å²) in [5.74, 6) is -0.267. The number of benzene rings is 2. The van der Waals surface area contributed by atoms with E-state index in [9.17, 15) is 4.39 Å². The fourth-order valence-electron chi connectivity index (χ4n) is 3.06. The van der Waals surface area contributed by atoms with E-state index in [0.717, 1.165) is 31.6 Å². The molecule has 25 heavy (non-hydrogen) atoms. The molecule has 0 radical (unpaired) electrons. The van der Waals surface area contributed by atoms with Crippen molar-refractivity contribution in [3.63, 3.8) is 0 Å². The van der Waals surface area contributed by atoms with Crippen LogP contribution in [0.2, 0.25) is 5.02 Å². The van der Waals surface area contributed by atoms with Crippen LogP contribution >= 0.6 is 11.6 Å². The molecule has 0 atom stereocenters. The monoisotopic (exact) mass is 359 g/mol. The molecule has 2 aromatic carbocycles. The Morgan fingerprint density at radius 2 is 1.92 bits per heavy atom. The summed E-state index contributed by atoms with van der Waals surface area (Å²) in [5, 5.41) is 8.27. The minimum absolute atomic E-state index is 0.267. The SMILES string of the molecule is CNCCCNCc1cn(Cc2c(F)cccc2Cl)c2ccccc12. The lowest BCUT2D eigenvalue weighted by Gasteiger charge is -2.08. The summed E-state index contributed by atoms with van der Waals surface area (Å²) in [6.45, 7) is 3.17. The lowest BCUT2D eigenvalue weighted by molar-refractivity contribution is 0.601. The zero-order chi connectivity index (χ0) is 17.6. The van der Waals surface area contributed by atoms with Gasteiger partial charge in [-0.3, -0.25) is 0 Å². The Bertz CT molecular complexity index is 824. The number of hydrogen-bond donors (Lipinski definition) is 2. The van der Waals surface area contributed by atoms with Gasteiger partial charge in [-0.05, 0) is 50.3 Å². The van der Waals surface area contributed by atoms with Crippen molar-refractivity contribution in [2.24, 2.45) is 0 Å². The van der Waals surface area contributed by atoms with Crippen molar-refractivity contribution in [1.29, 1.82) is 0 Å². The summed E-state index contributed by atoms with van der Waals surface area (Å²) in [6.07, 6.45) is 3.18. The fourth-order valence-corrected chi connectivity index (χ4v) is 3.28. The molecular formula is C20H23ClFN3. The van der Waals surface area contributed by atoms with Crippen LogP contribution in [0.15, 0.2) is 48.7 Å². The van der Waals surface area contributed by atoms with Gasteiger partial charge < -0.3 is 15.2 Å². The second kappa shape index (κ2) is 8.48. The lowest BCUT2D eigenvalue weighted by Crippen LogP contribution is -2.19. The number of halogens is 2. The molecule has 0 aliphatic heterocycles. The zero-order valence-corrected chi connectivity index (χ0v) is 15.1. The first-order valence-corrected chi connectivity index (χ1v) is 8.93. The highest BCUT2D eigenvalue weighted by Gasteiger charge is 2.12. The third-order valence-corrected chi connectivity index (χ3v) is 4.71. The van der Waals surface area contributed by atoms with Gasteiger partial charge in [0.1, 0.15) is 5.82 Å². The molecule has 0 bridgehead atoms. The molecule has 1 heterocycles. The van der Waals surface area contributed by atoms with Crippen molar-refractivity contribution in [1.82, 2.24) is 15.2 Å². The molecule has 0 saturated heterocycles. The van der Waals surface area contributed by atoms with Gasteiger partial charge in [-0.2, -0.15) is 0 Å². The van der Waals surface area contributed by atoms with E-state index in [2.05, 4.69) is 33.5 Å². The molecular weight excluding hydrogens is 337 g/mol. The molecule has 3 aromatic rings. The Morgan fingerprint density at radius 3 is 2.72 bits per heavy atom. The van der Waals surface area contributed by atoms with E-state index in [1.54, 1.807) is 12.1 Å². The van der Waals surface area contributed by atoms with Gasteiger partial charge in [0.15, 0.2) is 0 Å².